The van der Waals surface area contributed by atoms with Crippen LogP contribution in [0.4, 0.5) is 5.69 Å². The predicted molar refractivity (Wildman–Crippen MR) is 108 cm³/mol. The Morgan fingerprint density at radius 1 is 1.14 bits per heavy atom. The highest BCUT2D eigenvalue weighted by Crippen LogP contribution is 2.36. The number of para-hydroxylation sites is 1. The molecule has 6 nitrogen and oxygen atoms in total. The zero-order valence-electron chi connectivity index (χ0n) is 15.8. The van der Waals surface area contributed by atoms with Gasteiger partial charge in [0, 0.05) is 18.5 Å². The third kappa shape index (κ3) is 5.13. The van der Waals surface area contributed by atoms with E-state index in [1.165, 1.54) is 16.7 Å². The number of hydrogen-bond donors (Lipinski definition) is 1. The molecule has 1 aliphatic rings. The van der Waals surface area contributed by atoms with Crippen molar-refractivity contribution >= 4 is 35.2 Å². The molecule has 28 heavy (non-hydrogen) atoms. The van der Waals surface area contributed by atoms with Crippen LogP contribution in [0.1, 0.15) is 17.5 Å². The number of nitrogens with one attached hydrogen (secondary N) is 1. The highest BCUT2D eigenvalue weighted by molar-refractivity contribution is 8.01. The molecule has 0 saturated heterocycles. The molecule has 146 valence electrons. The van der Waals surface area contributed by atoms with E-state index in [2.05, 4.69) is 5.32 Å². The second-order valence-corrected chi connectivity index (χ2v) is 7.94. The number of aryl methyl sites for hydroxylation is 1. The van der Waals surface area contributed by atoms with Crippen molar-refractivity contribution in [2.45, 2.75) is 30.0 Å². The van der Waals surface area contributed by atoms with Crippen molar-refractivity contribution in [2.24, 2.45) is 0 Å². The molecule has 0 radical (unpaired) electrons. The van der Waals surface area contributed by atoms with Gasteiger partial charge in [-0.3, -0.25) is 14.4 Å². The first-order chi connectivity index (χ1) is 13.4. The van der Waals surface area contributed by atoms with Crippen LogP contribution in [0.15, 0.2) is 53.4 Å². The van der Waals surface area contributed by atoms with E-state index in [0.717, 1.165) is 21.7 Å². The first-order valence-corrected chi connectivity index (χ1v) is 9.82. The first kappa shape index (κ1) is 19.9. The number of fused-ring (bicyclic) bond motifs is 1. The molecule has 1 atom stereocenters. The molecule has 1 N–H and O–H groups in total. The van der Waals surface area contributed by atoms with Crippen LogP contribution in [-0.2, 0) is 25.7 Å². The second-order valence-electron chi connectivity index (χ2n) is 6.69. The van der Waals surface area contributed by atoms with Crippen LogP contribution in [-0.4, -0.2) is 41.6 Å². The summed E-state index contributed by atoms with van der Waals surface area (Å²) in [5.74, 6) is -1.09. The second kappa shape index (κ2) is 8.93. The van der Waals surface area contributed by atoms with Crippen molar-refractivity contribution in [3.63, 3.8) is 0 Å². The van der Waals surface area contributed by atoms with Crippen molar-refractivity contribution in [1.29, 1.82) is 0 Å². The molecule has 0 bridgehead atoms. The van der Waals surface area contributed by atoms with E-state index in [-0.39, 0.29) is 24.8 Å². The lowest BCUT2D eigenvalue weighted by molar-refractivity contribution is -0.152. The summed E-state index contributed by atoms with van der Waals surface area (Å²) in [5, 5.41) is 2.22. The normalized spacial score (nSPS) is 15.4. The number of thioether (sulfide) groups is 1. The van der Waals surface area contributed by atoms with Gasteiger partial charge in [0.2, 0.25) is 5.91 Å². The molecule has 2 aromatic rings. The van der Waals surface area contributed by atoms with Gasteiger partial charge < -0.3 is 15.0 Å². The summed E-state index contributed by atoms with van der Waals surface area (Å²) < 4.78 is 5.10. The lowest BCUT2D eigenvalue weighted by Crippen LogP contribution is -2.33. The molecule has 7 heteroatoms. The summed E-state index contributed by atoms with van der Waals surface area (Å²) in [4.78, 5) is 38.9. The number of anilines is 1. The van der Waals surface area contributed by atoms with Gasteiger partial charge in [0.25, 0.3) is 5.91 Å². The number of esters is 1. The van der Waals surface area contributed by atoms with E-state index in [9.17, 15) is 14.4 Å². The van der Waals surface area contributed by atoms with Crippen LogP contribution in [0.5, 0.6) is 0 Å². The van der Waals surface area contributed by atoms with Gasteiger partial charge in [0.1, 0.15) is 0 Å². The van der Waals surface area contributed by atoms with Gasteiger partial charge in [-0.05, 0) is 24.6 Å². The van der Waals surface area contributed by atoms with E-state index in [4.69, 9.17) is 4.74 Å². The number of amides is 2. The minimum Gasteiger partial charge on any atom is -0.456 e. The van der Waals surface area contributed by atoms with Gasteiger partial charge in [-0.15, -0.1) is 11.8 Å². The Labute approximate surface area is 168 Å². The number of likely N-dealkylation sites (N-methyl/N-ethyl adjacent to an activating group) is 1. The molecule has 2 aromatic carbocycles. The van der Waals surface area contributed by atoms with Crippen LogP contribution in [0.2, 0.25) is 0 Å². The Bertz CT molecular complexity index is 882. The third-order valence-electron chi connectivity index (χ3n) is 4.38. The molecule has 0 aromatic heterocycles. The Balaban J connectivity index is 1.46. The molecule has 3 rings (SSSR count). The minimum atomic E-state index is -0.567. The van der Waals surface area contributed by atoms with E-state index >= 15 is 0 Å². The van der Waals surface area contributed by atoms with Gasteiger partial charge in [-0.1, -0.05) is 42.0 Å². The van der Waals surface area contributed by atoms with Crippen molar-refractivity contribution in [1.82, 2.24) is 4.90 Å². The SMILES string of the molecule is Cc1ccc(CN(C)C(=O)COC(=O)C[C@H]2Sc3ccccc3NC2=O)cc1. The van der Waals surface area contributed by atoms with Crippen LogP contribution in [0.25, 0.3) is 0 Å². The van der Waals surface area contributed by atoms with E-state index < -0.39 is 11.2 Å². The topological polar surface area (TPSA) is 75.7 Å². The summed E-state index contributed by atoms with van der Waals surface area (Å²) >= 11 is 1.33. The summed E-state index contributed by atoms with van der Waals surface area (Å²) in [6.45, 7) is 2.10. The first-order valence-electron chi connectivity index (χ1n) is 8.94. The van der Waals surface area contributed by atoms with Crippen molar-refractivity contribution < 1.29 is 19.1 Å². The fourth-order valence-electron chi connectivity index (χ4n) is 2.75. The standard InChI is InChI=1S/C21H22N2O4S/c1-14-7-9-15(10-8-14)12-23(2)19(24)13-27-20(25)11-18-21(26)22-16-5-3-4-6-17(16)28-18/h3-10,18H,11-13H2,1-2H3,(H,22,26)/t18-/m1/s1. The smallest absolute Gasteiger partial charge is 0.307 e. The zero-order chi connectivity index (χ0) is 20.1. The fraction of sp³-hybridized carbons (Fsp3) is 0.286. The molecule has 1 heterocycles. The van der Waals surface area contributed by atoms with Gasteiger partial charge in [0.05, 0.1) is 17.4 Å². The van der Waals surface area contributed by atoms with Gasteiger partial charge >= 0.3 is 5.97 Å². The van der Waals surface area contributed by atoms with Gasteiger partial charge in [-0.25, -0.2) is 0 Å². The maximum absolute atomic E-state index is 12.2. The summed E-state index contributed by atoms with van der Waals surface area (Å²) in [6.07, 6.45) is -0.0835. The number of carbonyl (C=O) groups excluding carboxylic acids is 3. The maximum Gasteiger partial charge on any atom is 0.307 e. The third-order valence-corrected chi connectivity index (χ3v) is 5.66. The molecular formula is C21H22N2O4S. The Hall–Kier alpha value is -2.80. The van der Waals surface area contributed by atoms with Crippen LogP contribution < -0.4 is 5.32 Å². The van der Waals surface area contributed by atoms with Crippen molar-refractivity contribution in [2.75, 3.05) is 19.0 Å². The highest BCUT2D eigenvalue weighted by Gasteiger charge is 2.29. The lowest BCUT2D eigenvalue weighted by Gasteiger charge is -2.23. The van der Waals surface area contributed by atoms with Crippen LogP contribution in [0, 0.1) is 6.92 Å². The molecule has 0 saturated carbocycles. The highest BCUT2D eigenvalue weighted by atomic mass is 32.2. The molecular weight excluding hydrogens is 376 g/mol. The van der Waals surface area contributed by atoms with Crippen molar-refractivity contribution in [3.05, 3.63) is 59.7 Å². The van der Waals surface area contributed by atoms with Crippen LogP contribution in [0.3, 0.4) is 0 Å². The monoisotopic (exact) mass is 398 g/mol. The van der Waals surface area contributed by atoms with E-state index in [1.54, 1.807) is 7.05 Å². The van der Waals surface area contributed by atoms with Crippen LogP contribution >= 0.6 is 11.8 Å². The van der Waals surface area contributed by atoms with E-state index in [1.807, 2.05) is 55.5 Å². The molecule has 0 aliphatic carbocycles. The minimum absolute atomic E-state index is 0.0835. The summed E-state index contributed by atoms with van der Waals surface area (Å²) in [6, 6.07) is 15.3. The maximum atomic E-state index is 12.2. The lowest BCUT2D eigenvalue weighted by atomic mass is 10.1. The summed E-state index contributed by atoms with van der Waals surface area (Å²) in [7, 11) is 1.66. The van der Waals surface area contributed by atoms with Crippen molar-refractivity contribution in [3.8, 4) is 0 Å². The zero-order valence-corrected chi connectivity index (χ0v) is 16.6. The Kier molecular flexibility index (Phi) is 6.36. The molecule has 1 aliphatic heterocycles. The molecule has 0 unspecified atom stereocenters. The average molecular weight is 398 g/mol. The Morgan fingerprint density at radius 3 is 2.61 bits per heavy atom. The quantitative estimate of drug-likeness (QED) is 0.757. The number of rotatable bonds is 6. The van der Waals surface area contributed by atoms with Gasteiger partial charge in [0.15, 0.2) is 6.61 Å². The summed E-state index contributed by atoms with van der Waals surface area (Å²) in [5.41, 5.74) is 2.90. The van der Waals surface area contributed by atoms with E-state index in [0.29, 0.717) is 6.54 Å². The number of ether oxygens (including phenoxy) is 1. The average Bonchev–Trinajstić information content (AvgIpc) is 2.68. The van der Waals surface area contributed by atoms with Gasteiger partial charge in [-0.2, -0.15) is 0 Å². The Morgan fingerprint density at radius 2 is 1.86 bits per heavy atom. The largest absolute Gasteiger partial charge is 0.456 e. The molecule has 0 fully saturated rings. The number of carbonyl (C=O) groups is 3. The number of benzene rings is 2. The predicted octanol–water partition coefficient (Wildman–Crippen LogP) is 3.00. The molecule has 2 amide bonds. The number of hydrogen-bond acceptors (Lipinski definition) is 5. The fourth-order valence-corrected chi connectivity index (χ4v) is 3.84. The molecule has 0 spiro atoms. The number of nitrogens with zero attached hydrogens (tertiary/aromatic N) is 1.